The first-order valence-electron chi connectivity index (χ1n) is 8.08. The van der Waals surface area contributed by atoms with Crippen molar-refractivity contribution >= 4 is 22.5 Å². The number of aromatic nitrogens is 1. The molecular weight excluding hydrogens is 316 g/mol. The molecule has 0 spiro atoms. The monoisotopic (exact) mass is 336 g/mol. The van der Waals surface area contributed by atoms with Gasteiger partial charge in [-0.25, -0.2) is 0 Å². The van der Waals surface area contributed by atoms with Gasteiger partial charge in [0.05, 0.1) is 18.9 Å². The lowest BCUT2D eigenvalue weighted by Crippen LogP contribution is -2.12. The average Bonchev–Trinajstić information content (AvgIpc) is 2.62. The van der Waals surface area contributed by atoms with Gasteiger partial charge in [-0.3, -0.25) is 9.78 Å². The van der Waals surface area contributed by atoms with Crippen molar-refractivity contribution in [3.8, 4) is 11.5 Å². The van der Waals surface area contributed by atoms with Crippen LogP contribution < -0.4 is 14.8 Å². The zero-order chi connectivity index (χ0) is 17.8. The van der Waals surface area contributed by atoms with Crippen molar-refractivity contribution in [1.29, 1.82) is 0 Å². The zero-order valence-electron chi connectivity index (χ0n) is 14.4. The lowest BCUT2D eigenvalue weighted by Gasteiger charge is -2.12. The van der Waals surface area contributed by atoms with E-state index in [0.29, 0.717) is 22.5 Å². The molecule has 2 aromatic carbocycles. The van der Waals surface area contributed by atoms with E-state index in [2.05, 4.69) is 10.3 Å². The number of carbonyl (C=O) groups excluding carboxylic acids is 1. The third-order valence-electron chi connectivity index (χ3n) is 3.69. The Balaban J connectivity index is 1.85. The van der Waals surface area contributed by atoms with E-state index < -0.39 is 0 Å². The van der Waals surface area contributed by atoms with Gasteiger partial charge < -0.3 is 14.8 Å². The molecule has 0 aliphatic carbocycles. The molecule has 5 heteroatoms. The number of benzene rings is 2. The highest BCUT2D eigenvalue weighted by Gasteiger charge is 2.11. The number of rotatable bonds is 5. The summed E-state index contributed by atoms with van der Waals surface area (Å²) in [4.78, 5) is 16.9. The van der Waals surface area contributed by atoms with Crippen molar-refractivity contribution in [2.45, 2.75) is 20.0 Å². The highest BCUT2D eigenvalue weighted by Crippen LogP contribution is 2.30. The maximum Gasteiger partial charge on any atom is 0.255 e. The largest absolute Gasteiger partial charge is 0.494 e. The van der Waals surface area contributed by atoms with Gasteiger partial charge >= 0.3 is 0 Å². The molecule has 5 nitrogen and oxygen atoms in total. The number of hydrogen-bond acceptors (Lipinski definition) is 4. The van der Waals surface area contributed by atoms with E-state index in [1.807, 2.05) is 32.0 Å². The van der Waals surface area contributed by atoms with Gasteiger partial charge in [0.2, 0.25) is 0 Å². The molecule has 3 aromatic rings. The van der Waals surface area contributed by atoms with Crippen LogP contribution in [-0.2, 0) is 0 Å². The zero-order valence-corrected chi connectivity index (χ0v) is 14.4. The summed E-state index contributed by atoms with van der Waals surface area (Å²) in [7, 11) is 1.60. The molecule has 1 N–H and O–H groups in total. The van der Waals surface area contributed by atoms with E-state index in [-0.39, 0.29) is 12.0 Å². The molecule has 0 aliphatic heterocycles. The highest BCUT2D eigenvalue weighted by atomic mass is 16.5. The van der Waals surface area contributed by atoms with E-state index in [1.165, 1.54) is 0 Å². The van der Waals surface area contributed by atoms with Gasteiger partial charge in [0.1, 0.15) is 17.0 Å². The minimum Gasteiger partial charge on any atom is -0.494 e. The number of fused-ring (bicyclic) bond motifs is 1. The number of nitrogens with one attached hydrogen (secondary N) is 1. The molecule has 0 saturated carbocycles. The first-order valence-corrected chi connectivity index (χ1v) is 8.08. The molecule has 1 heterocycles. The summed E-state index contributed by atoms with van der Waals surface area (Å²) in [5.41, 5.74) is 1.96. The van der Waals surface area contributed by atoms with Crippen molar-refractivity contribution in [2.24, 2.45) is 0 Å². The van der Waals surface area contributed by atoms with Crippen LogP contribution in [0.2, 0.25) is 0 Å². The molecule has 0 saturated heterocycles. The number of ether oxygens (including phenoxy) is 2. The average molecular weight is 336 g/mol. The van der Waals surface area contributed by atoms with Crippen LogP contribution in [-0.4, -0.2) is 24.1 Å². The van der Waals surface area contributed by atoms with Crippen molar-refractivity contribution in [2.75, 3.05) is 12.4 Å². The molecule has 0 radical (unpaired) electrons. The van der Waals surface area contributed by atoms with Crippen LogP contribution in [0.25, 0.3) is 10.9 Å². The summed E-state index contributed by atoms with van der Waals surface area (Å²) >= 11 is 0. The molecule has 0 unspecified atom stereocenters. The number of pyridine rings is 1. The van der Waals surface area contributed by atoms with Crippen LogP contribution in [0, 0.1) is 0 Å². The Morgan fingerprint density at radius 2 is 1.84 bits per heavy atom. The Bertz CT molecular complexity index is 889. The minimum absolute atomic E-state index is 0.0952. The topological polar surface area (TPSA) is 60.5 Å². The second kappa shape index (κ2) is 7.21. The summed E-state index contributed by atoms with van der Waals surface area (Å²) < 4.78 is 10.9. The Morgan fingerprint density at radius 3 is 2.52 bits per heavy atom. The van der Waals surface area contributed by atoms with Gasteiger partial charge in [-0.2, -0.15) is 0 Å². The second-order valence-corrected chi connectivity index (χ2v) is 5.86. The van der Waals surface area contributed by atoms with E-state index in [9.17, 15) is 4.79 Å². The quantitative estimate of drug-likeness (QED) is 0.755. The smallest absolute Gasteiger partial charge is 0.255 e. The Labute approximate surface area is 146 Å². The molecule has 0 aliphatic rings. The van der Waals surface area contributed by atoms with Crippen molar-refractivity contribution < 1.29 is 14.3 Å². The van der Waals surface area contributed by atoms with E-state index >= 15 is 0 Å². The van der Waals surface area contributed by atoms with Crippen LogP contribution in [0.1, 0.15) is 24.2 Å². The van der Waals surface area contributed by atoms with Gasteiger partial charge in [-0.05, 0) is 62.4 Å². The van der Waals surface area contributed by atoms with Gasteiger partial charge in [0.25, 0.3) is 5.91 Å². The Morgan fingerprint density at radius 1 is 1.08 bits per heavy atom. The predicted octanol–water partition coefficient (Wildman–Crippen LogP) is 4.28. The molecule has 1 amide bonds. The lowest BCUT2D eigenvalue weighted by molar-refractivity contribution is 0.102. The van der Waals surface area contributed by atoms with Gasteiger partial charge in [-0.1, -0.05) is 0 Å². The number of hydrogen-bond donors (Lipinski definition) is 1. The van der Waals surface area contributed by atoms with Gasteiger partial charge in [0, 0.05) is 17.1 Å². The Kier molecular flexibility index (Phi) is 4.84. The number of nitrogens with zero attached hydrogens (tertiary/aromatic N) is 1. The number of amides is 1. The summed E-state index contributed by atoms with van der Waals surface area (Å²) in [6.07, 6.45) is 1.79. The molecular formula is C20H20N2O3. The highest BCUT2D eigenvalue weighted by molar-refractivity contribution is 6.09. The maximum atomic E-state index is 12.5. The van der Waals surface area contributed by atoms with Crippen molar-refractivity contribution in [3.63, 3.8) is 0 Å². The van der Waals surface area contributed by atoms with Crippen LogP contribution >= 0.6 is 0 Å². The summed E-state index contributed by atoms with van der Waals surface area (Å²) in [5, 5.41) is 3.77. The van der Waals surface area contributed by atoms with E-state index in [1.54, 1.807) is 43.6 Å². The molecule has 25 heavy (non-hydrogen) atoms. The molecule has 0 fully saturated rings. The van der Waals surface area contributed by atoms with E-state index in [0.717, 1.165) is 11.1 Å². The van der Waals surface area contributed by atoms with E-state index in [4.69, 9.17) is 9.47 Å². The molecule has 128 valence electrons. The molecule has 0 atom stereocenters. The summed E-state index contributed by atoms with van der Waals surface area (Å²) in [6, 6.07) is 14.4. The fourth-order valence-electron chi connectivity index (χ4n) is 2.57. The minimum atomic E-state index is -0.189. The fourth-order valence-corrected chi connectivity index (χ4v) is 2.57. The third kappa shape index (κ3) is 3.71. The van der Waals surface area contributed by atoms with Gasteiger partial charge in [-0.15, -0.1) is 0 Å². The third-order valence-corrected chi connectivity index (χ3v) is 3.69. The van der Waals surface area contributed by atoms with Crippen LogP contribution in [0.5, 0.6) is 11.5 Å². The molecule has 1 aromatic heterocycles. The summed E-state index contributed by atoms with van der Waals surface area (Å²) in [6.45, 7) is 3.92. The lowest BCUT2D eigenvalue weighted by atomic mass is 10.1. The van der Waals surface area contributed by atoms with Crippen LogP contribution in [0.3, 0.4) is 0 Å². The predicted molar refractivity (Wildman–Crippen MR) is 98.5 cm³/mol. The second-order valence-electron chi connectivity index (χ2n) is 5.86. The number of anilines is 1. The number of carbonyl (C=O) groups is 1. The SMILES string of the molecule is COc1ccc(NC(=O)c2ccc(OC(C)C)cc2)c2cccnc12. The molecule has 0 bridgehead atoms. The summed E-state index contributed by atoms with van der Waals surface area (Å²) in [5.74, 6) is 1.22. The standard InChI is InChI=1S/C20H20N2O3/c1-13(2)25-15-8-6-14(7-9-15)20(23)22-17-10-11-18(24-3)19-16(17)5-4-12-21-19/h4-13H,1-3H3,(H,22,23). The van der Waals surface area contributed by atoms with Crippen LogP contribution in [0.15, 0.2) is 54.7 Å². The molecule has 3 rings (SSSR count). The van der Waals surface area contributed by atoms with Gasteiger partial charge in [0.15, 0.2) is 0 Å². The normalized spacial score (nSPS) is 10.7. The number of methoxy groups -OCH3 is 1. The van der Waals surface area contributed by atoms with Crippen LogP contribution in [0.4, 0.5) is 5.69 Å². The van der Waals surface area contributed by atoms with Crippen molar-refractivity contribution in [3.05, 3.63) is 60.3 Å². The van der Waals surface area contributed by atoms with Crippen molar-refractivity contribution in [1.82, 2.24) is 4.98 Å². The first-order chi connectivity index (χ1) is 12.1. The Hall–Kier alpha value is -3.08. The maximum absolute atomic E-state index is 12.5. The first kappa shape index (κ1) is 16.8. The fraction of sp³-hybridized carbons (Fsp3) is 0.200.